The van der Waals surface area contributed by atoms with E-state index in [-0.39, 0.29) is 5.69 Å². The fourth-order valence-electron chi connectivity index (χ4n) is 2.96. The Morgan fingerprint density at radius 3 is 2.65 bits per heavy atom. The minimum absolute atomic E-state index is 0.151. The molecule has 31 heavy (non-hydrogen) atoms. The number of hydrogen-bond donors (Lipinski definition) is 0. The van der Waals surface area contributed by atoms with Crippen molar-refractivity contribution in [2.24, 2.45) is 0 Å². The Labute approximate surface area is 183 Å². The van der Waals surface area contributed by atoms with E-state index < -0.39 is 11.6 Å². The molecule has 0 N–H and O–H groups in total. The monoisotopic (exact) mass is 453 g/mol. The van der Waals surface area contributed by atoms with Crippen molar-refractivity contribution in [2.45, 2.75) is 10.9 Å². The predicted octanol–water partition coefficient (Wildman–Crippen LogP) is 5.62. The molecule has 5 rings (SSSR count). The standard InChI is InChI=1S/C21H13F2N5OS2/c22-14-8-9-16(15(23)11-14)28-20(13-5-2-1-3-6-13)25-26-21(28)31-12-18-24-19(27-29-18)17-7-4-10-30-17/h1-11H,12H2. The Morgan fingerprint density at radius 1 is 1.00 bits per heavy atom. The van der Waals surface area contributed by atoms with E-state index in [0.29, 0.717) is 28.4 Å². The molecule has 2 aromatic carbocycles. The Balaban J connectivity index is 1.49. The molecule has 6 nitrogen and oxygen atoms in total. The summed E-state index contributed by atoms with van der Waals surface area (Å²) in [6.45, 7) is 0. The first kappa shape index (κ1) is 19.6. The Morgan fingerprint density at radius 2 is 1.87 bits per heavy atom. The van der Waals surface area contributed by atoms with Gasteiger partial charge in [0.25, 0.3) is 0 Å². The van der Waals surface area contributed by atoms with Crippen LogP contribution in [0.5, 0.6) is 0 Å². The largest absolute Gasteiger partial charge is 0.338 e. The van der Waals surface area contributed by atoms with E-state index in [0.717, 1.165) is 16.5 Å². The van der Waals surface area contributed by atoms with Gasteiger partial charge in [0.05, 0.1) is 16.3 Å². The van der Waals surface area contributed by atoms with E-state index in [1.165, 1.54) is 35.2 Å². The van der Waals surface area contributed by atoms with Gasteiger partial charge in [0.15, 0.2) is 11.0 Å². The summed E-state index contributed by atoms with van der Waals surface area (Å²) in [6.07, 6.45) is 0. The van der Waals surface area contributed by atoms with Crippen molar-refractivity contribution in [1.82, 2.24) is 24.9 Å². The van der Waals surface area contributed by atoms with Gasteiger partial charge in [-0.2, -0.15) is 4.98 Å². The number of rotatable bonds is 6. The zero-order valence-corrected chi connectivity index (χ0v) is 17.4. The van der Waals surface area contributed by atoms with Crippen molar-refractivity contribution in [3.8, 4) is 27.8 Å². The van der Waals surface area contributed by atoms with Crippen LogP contribution in [0.15, 0.2) is 75.7 Å². The van der Waals surface area contributed by atoms with Crippen LogP contribution in [0, 0.1) is 11.6 Å². The predicted molar refractivity (Wildman–Crippen MR) is 114 cm³/mol. The molecule has 154 valence electrons. The summed E-state index contributed by atoms with van der Waals surface area (Å²) in [5, 5.41) is 14.8. The molecule has 0 saturated heterocycles. The van der Waals surface area contributed by atoms with Gasteiger partial charge in [-0.25, -0.2) is 8.78 Å². The van der Waals surface area contributed by atoms with Gasteiger partial charge in [-0.05, 0) is 23.6 Å². The molecular weight excluding hydrogens is 440 g/mol. The summed E-state index contributed by atoms with van der Waals surface area (Å²) >= 11 is 2.79. The summed E-state index contributed by atoms with van der Waals surface area (Å²) in [7, 11) is 0. The normalized spacial score (nSPS) is 11.2. The highest BCUT2D eigenvalue weighted by Gasteiger charge is 2.20. The summed E-state index contributed by atoms with van der Waals surface area (Å²) in [5.41, 5.74) is 0.904. The summed E-state index contributed by atoms with van der Waals surface area (Å²) in [4.78, 5) is 5.30. The van der Waals surface area contributed by atoms with Gasteiger partial charge >= 0.3 is 0 Å². The lowest BCUT2D eigenvalue weighted by atomic mass is 10.2. The van der Waals surface area contributed by atoms with Crippen molar-refractivity contribution < 1.29 is 13.3 Å². The Bertz CT molecular complexity index is 1320. The van der Waals surface area contributed by atoms with Crippen LogP contribution in [0.4, 0.5) is 8.78 Å². The maximum absolute atomic E-state index is 14.6. The van der Waals surface area contributed by atoms with Crippen molar-refractivity contribution in [2.75, 3.05) is 0 Å². The maximum atomic E-state index is 14.6. The smallest absolute Gasteiger partial charge is 0.237 e. The molecule has 0 unspecified atom stereocenters. The average Bonchev–Trinajstić information content (AvgIpc) is 3.53. The van der Waals surface area contributed by atoms with Crippen LogP contribution in [-0.2, 0) is 5.75 Å². The first-order valence-corrected chi connectivity index (χ1v) is 11.0. The molecule has 0 fully saturated rings. The van der Waals surface area contributed by atoms with Gasteiger partial charge in [0, 0.05) is 11.6 Å². The lowest BCUT2D eigenvalue weighted by molar-refractivity contribution is 0.391. The molecule has 0 spiro atoms. The molecule has 0 radical (unpaired) electrons. The second-order valence-electron chi connectivity index (χ2n) is 6.38. The number of thiophene rings is 1. The average molecular weight is 453 g/mol. The van der Waals surface area contributed by atoms with Crippen LogP contribution >= 0.6 is 23.1 Å². The number of halogens is 2. The molecule has 0 aliphatic carbocycles. The molecule has 0 bridgehead atoms. The van der Waals surface area contributed by atoms with Crippen molar-refractivity contribution in [3.05, 3.63) is 83.6 Å². The number of aromatic nitrogens is 5. The number of benzene rings is 2. The van der Waals surface area contributed by atoms with Gasteiger partial charge in [0.1, 0.15) is 11.6 Å². The third kappa shape index (κ3) is 3.99. The van der Waals surface area contributed by atoms with Gasteiger partial charge in [-0.1, -0.05) is 53.3 Å². The Kier molecular flexibility index (Phi) is 5.31. The molecule has 0 atom stereocenters. The Hall–Kier alpha value is -3.37. The fourth-order valence-corrected chi connectivity index (χ4v) is 4.39. The van der Waals surface area contributed by atoms with Crippen LogP contribution < -0.4 is 0 Å². The van der Waals surface area contributed by atoms with Crippen molar-refractivity contribution in [1.29, 1.82) is 0 Å². The van der Waals surface area contributed by atoms with E-state index in [1.807, 2.05) is 47.8 Å². The lowest BCUT2D eigenvalue weighted by Crippen LogP contribution is -2.03. The van der Waals surface area contributed by atoms with E-state index in [1.54, 1.807) is 4.57 Å². The van der Waals surface area contributed by atoms with Gasteiger partial charge in [-0.15, -0.1) is 21.5 Å². The first-order valence-electron chi connectivity index (χ1n) is 9.14. The maximum Gasteiger partial charge on any atom is 0.237 e. The zero-order valence-electron chi connectivity index (χ0n) is 15.8. The van der Waals surface area contributed by atoms with Gasteiger partial charge in [0.2, 0.25) is 11.7 Å². The quantitative estimate of drug-likeness (QED) is 0.311. The highest BCUT2D eigenvalue weighted by atomic mass is 32.2. The van der Waals surface area contributed by atoms with E-state index in [2.05, 4.69) is 20.3 Å². The molecule has 0 aliphatic rings. The van der Waals surface area contributed by atoms with Crippen molar-refractivity contribution in [3.63, 3.8) is 0 Å². The van der Waals surface area contributed by atoms with Gasteiger partial charge in [-0.3, -0.25) is 4.57 Å². The number of nitrogens with zero attached hydrogens (tertiary/aromatic N) is 5. The van der Waals surface area contributed by atoms with E-state index in [9.17, 15) is 8.78 Å². The minimum Gasteiger partial charge on any atom is -0.338 e. The van der Waals surface area contributed by atoms with Crippen LogP contribution in [0.3, 0.4) is 0 Å². The third-order valence-corrected chi connectivity index (χ3v) is 6.13. The summed E-state index contributed by atoms with van der Waals surface area (Å²) in [5.74, 6) is 0.311. The van der Waals surface area contributed by atoms with Crippen molar-refractivity contribution >= 4 is 23.1 Å². The zero-order chi connectivity index (χ0) is 21.2. The highest BCUT2D eigenvalue weighted by Crippen LogP contribution is 2.31. The summed E-state index contributed by atoms with van der Waals surface area (Å²) < 4.78 is 35.0. The number of hydrogen-bond acceptors (Lipinski definition) is 7. The molecule has 0 amide bonds. The first-order chi connectivity index (χ1) is 15.2. The SMILES string of the molecule is Fc1ccc(-n2c(SCc3nc(-c4cccs4)no3)nnc2-c2ccccc2)c(F)c1. The highest BCUT2D eigenvalue weighted by molar-refractivity contribution is 7.98. The second-order valence-corrected chi connectivity index (χ2v) is 8.27. The fraction of sp³-hybridized carbons (Fsp3) is 0.0476. The topological polar surface area (TPSA) is 69.6 Å². The molecule has 3 heterocycles. The van der Waals surface area contributed by atoms with Crippen LogP contribution in [0.2, 0.25) is 0 Å². The number of thioether (sulfide) groups is 1. The molecule has 0 saturated carbocycles. The third-order valence-electron chi connectivity index (χ3n) is 4.35. The molecular formula is C21H13F2N5OS2. The van der Waals surface area contributed by atoms with E-state index in [4.69, 9.17) is 4.52 Å². The molecule has 10 heteroatoms. The van der Waals surface area contributed by atoms with Crippen LogP contribution in [0.1, 0.15) is 5.89 Å². The molecule has 3 aromatic heterocycles. The van der Waals surface area contributed by atoms with Crippen LogP contribution in [0.25, 0.3) is 27.8 Å². The van der Waals surface area contributed by atoms with E-state index >= 15 is 0 Å². The minimum atomic E-state index is -0.711. The molecule has 5 aromatic rings. The summed E-state index contributed by atoms with van der Waals surface area (Å²) in [6, 6.07) is 16.5. The van der Waals surface area contributed by atoms with Crippen LogP contribution in [-0.4, -0.2) is 24.9 Å². The second kappa shape index (κ2) is 8.40. The molecule has 0 aliphatic heterocycles. The lowest BCUT2D eigenvalue weighted by Gasteiger charge is -2.11. The van der Waals surface area contributed by atoms with Gasteiger partial charge < -0.3 is 4.52 Å².